The zero-order chi connectivity index (χ0) is 15.8. The number of benzene rings is 1. The number of para-hydroxylation sites is 1. The van der Waals surface area contributed by atoms with E-state index < -0.39 is 0 Å². The number of aliphatic hydroxyl groups excluding tert-OH is 1. The molecule has 5 heterocycles. The highest BCUT2D eigenvalue weighted by molar-refractivity contribution is 5.85. The monoisotopic (exact) mass is 309 g/mol. The summed E-state index contributed by atoms with van der Waals surface area (Å²) in [4.78, 5) is 3.75. The number of nitrogens with one attached hydrogen (secondary N) is 1. The third-order valence-corrected chi connectivity index (χ3v) is 7.13. The Morgan fingerprint density at radius 2 is 2.17 bits per heavy atom. The van der Waals surface area contributed by atoms with Crippen molar-refractivity contribution in [1.82, 2.24) is 4.98 Å². The Labute approximate surface area is 137 Å². The van der Waals surface area contributed by atoms with Crippen LogP contribution in [0.2, 0.25) is 0 Å². The average Bonchev–Trinajstić information content (AvgIpc) is 2.92. The maximum Gasteiger partial charge on any atom is 0.131 e. The van der Waals surface area contributed by atoms with Crippen LogP contribution in [-0.4, -0.2) is 40.8 Å². The third kappa shape index (κ3) is 1.57. The molecule has 23 heavy (non-hydrogen) atoms. The van der Waals surface area contributed by atoms with Gasteiger partial charge < -0.3 is 14.6 Å². The largest absolute Gasteiger partial charge is 0.396 e. The molecule has 3 nitrogen and oxygen atoms in total. The highest BCUT2D eigenvalue weighted by Crippen LogP contribution is 2.57. The highest BCUT2D eigenvalue weighted by atomic mass is 16.3. The number of aromatic nitrogens is 1. The van der Waals surface area contributed by atoms with E-state index in [1.165, 1.54) is 28.6 Å². The van der Waals surface area contributed by atoms with Gasteiger partial charge in [-0.3, -0.25) is 0 Å². The fourth-order valence-electron chi connectivity index (χ4n) is 6.02. The summed E-state index contributed by atoms with van der Waals surface area (Å²) in [6.45, 7) is 3.65. The Morgan fingerprint density at radius 1 is 1.35 bits per heavy atom. The molecule has 1 aromatic carbocycles. The van der Waals surface area contributed by atoms with Crippen molar-refractivity contribution >= 4 is 10.9 Å². The van der Waals surface area contributed by atoms with E-state index in [0.717, 1.165) is 17.4 Å². The summed E-state index contributed by atoms with van der Waals surface area (Å²) < 4.78 is 1.08. The van der Waals surface area contributed by atoms with Gasteiger partial charge in [-0.1, -0.05) is 24.3 Å². The number of quaternary nitrogens is 1. The molecule has 0 saturated carbocycles. The highest BCUT2D eigenvalue weighted by Gasteiger charge is 2.61. The minimum absolute atomic E-state index is 0.324. The molecule has 0 radical (unpaired) electrons. The topological polar surface area (TPSA) is 36.0 Å². The molecule has 0 spiro atoms. The molecule has 3 fully saturated rings. The van der Waals surface area contributed by atoms with Gasteiger partial charge in [0.15, 0.2) is 0 Å². The number of nitrogens with zero attached hydrogens (tertiary/aromatic N) is 1. The zero-order valence-corrected chi connectivity index (χ0v) is 13.9. The van der Waals surface area contributed by atoms with Crippen molar-refractivity contribution in [1.29, 1.82) is 0 Å². The van der Waals surface area contributed by atoms with Gasteiger partial charge in [0.05, 0.1) is 25.4 Å². The van der Waals surface area contributed by atoms with E-state index in [4.69, 9.17) is 0 Å². The number of piperidine rings is 3. The van der Waals surface area contributed by atoms with Crippen LogP contribution in [0.1, 0.15) is 30.6 Å². The molecule has 0 aliphatic carbocycles. The van der Waals surface area contributed by atoms with Crippen molar-refractivity contribution in [2.45, 2.75) is 31.8 Å². The van der Waals surface area contributed by atoms with Crippen LogP contribution < -0.4 is 0 Å². The molecule has 3 heteroatoms. The molecule has 6 rings (SSSR count). The molecule has 4 aliphatic heterocycles. The van der Waals surface area contributed by atoms with E-state index in [1.54, 1.807) is 5.57 Å². The number of allylic oxidation sites excluding steroid dienone is 1. The summed E-state index contributed by atoms with van der Waals surface area (Å²) in [5, 5.41) is 11.5. The molecule has 3 saturated heterocycles. The summed E-state index contributed by atoms with van der Waals surface area (Å²) in [6.07, 6.45) is 4.59. The van der Waals surface area contributed by atoms with Gasteiger partial charge in [0.1, 0.15) is 12.6 Å². The maximum absolute atomic E-state index is 10.1. The fraction of sp³-hybridized carbons (Fsp3) is 0.500. The first-order valence-electron chi connectivity index (χ1n) is 8.87. The zero-order valence-electron chi connectivity index (χ0n) is 13.9. The number of H-pyrrole nitrogens is 1. The second-order valence-electron chi connectivity index (χ2n) is 7.91. The average molecular weight is 309 g/mol. The first kappa shape index (κ1) is 13.8. The van der Waals surface area contributed by atoms with E-state index in [2.05, 4.69) is 49.3 Å². The smallest absolute Gasteiger partial charge is 0.131 e. The Balaban J connectivity index is 1.73. The quantitative estimate of drug-likeness (QED) is 0.616. The number of fused-ring (bicyclic) bond motifs is 4. The van der Waals surface area contributed by atoms with Gasteiger partial charge in [-0.15, -0.1) is 0 Å². The second-order valence-corrected chi connectivity index (χ2v) is 7.91. The predicted molar refractivity (Wildman–Crippen MR) is 92.0 cm³/mol. The SMILES string of the molecule is C/C=C1\C[N@@+]2(C)[C@H]3C[C@@H]1C(CO)[C@@H]2Cc1c3[nH]c2ccccc12. The van der Waals surface area contributed by atoms with Crippen molar-refractivity contribution in [2.75, 3.05) is 20.2 Å². The lowest BCUT2D eigenvalue weighted by atomic mass is 9.62. The van der Waals surface area contributed by atoms with Crippen molar-refractivity contribution in [3.63, 3.8) is 0 Å². The van der Waals surface area contributed by atoms with Crippen molar-refractivity contribution < 1.29 is 9.59 Å². The van der Waals surface area contributed by atoms with Crippen molar-refractivity contribution in [2.24, 2.45) is 11.8 Å². The van der Waals surface area contributed by atoms with Gasteiger partial charge in [-0.05, 0) is 24.1 Å². The number of likely N-dealkylation sites (N-methyl/N-ethyl adjacent to an activating group) is 1. The van der Waals surface area contributed by atoms with Gasteiger partial charge in [-0.25, -0.2) is 0 Å². The minimum Gasteiger partial charge on any atom is -0.396 e. The minimum atomic E-state index is 0.324. The van der Waals surface area contributed by atoms with E-state index >= 15 is 0 Å². The first-order valence-corrected chi connectivity index (χ1v) is 8.87. The molecular weight excluding hydrogens is 284 g/mol. The normalized spacial score (nSPS) is 39.9. The lowest BCUT2D eigenvalue weighted by Gasteiger charge is -2.62. The van der Waals surface area contributed by atoms with Crippen LogP contribution in [0.5, 0.6) is 0 Å². The van der Waals surface area contributed by atoms with Crippen LogP contribution in [0.4, 0.5) is 0 Å². The molecule has 2 N–H and O–H groups in total. The van der Waals surface area contributed by atoms with E-state index in [9.17, 15) is 5.11 Å². The molecule has 4 bridgehead atoms. The van der Waals surface area contributed by atoms with Crippen LogP contribution in [0, 0.1) is 11.8 Å². The first-order chi connectivity index (χ1) is 11.2. The molecular formula is C20H25N2O+. The van der Waals surface area contributed by atoms with Gasteiger partial charge in [0.25, 0.3) is 0 Å². The van der Waals surface area contributed by atoms with Crippen LogP contribution >= 0.6 is 0 Å². The number of hydrogen-bond donors (Lipinski definition) is 2. The molecule has 120 valence electrons. The summed E-state index contributed by atoms with van der Waals surface area (Å²) in [5.41, 5.74) is 5.84. The molecule has 0 amide bonds. The molecule has 1 aromatic heterocycles. The van der Waals surface area contributed by atoms with Crippen molar-refractivity contribution in [3.8, 4) is 0 Å². The number of rotatable bonds is 1. The Hall–Kier alpha value is -1.58. The number of aromatic amines is 1. The molecule has 1 unspecified atom stereocenters. The second kappa shape index (κ2) is 4.49. The van der Waals surface area contributed by atoms with Crippen LogP contribution in [0.3, 0.4) is 0 Å². The van der Waals surface area contributed by atoms with Crippen molar-refractivity contribution in [3.05, 3.63) is 47.2 Å². The Bertz CT molecular complexity index is 820. The lowest BCUT2D eigenvalue weighted by molar-refractivity contribution is -0.978. The number of aliphatic hydroxyl groups is 1. The third-order valence-electron chi connectivity index (χ3n) is 7.13. The lowest BCUT2D eigenvalue weighted by Crippen LogP contribution is -2.70. The summed E-state index contributed by atoms with van der Waals surface area (Å²) in [6, 6.07) is 9.84. The molecule has 4 aliphatic rings. The van der Waals surface area contributed by atoms with Crippen LogP contribution in [0.15, 0.2) is 35.9 Å². The Morgan fingerprint density at radius 3 is 2.96 bits per heavy atom. The number of hydrogen-bond acceptors (Lipinski definition) is 1. The maximum atomic E-state index is 10.1. The van der Waals surface area contributed by atoms with Gasteiger partial charge in [-0.2, -0.15) is 0 Å². The van der Waals surface area contributed by atoms with Crippen LogP contribution in [-0.2, 0) is 6.42 Å². The van der Waals surface area contributed by atoms with Gasteiger partial charge in [0.2, 0.25) is 0 Å². The van der Waals surface area contributed by atoms with E-state index in [1.807, 2.05) is 0 Å². The fourth-order valence-corrected chi connectivity index (χ4v) is 6.02. The summed E-state index contributed by atoms with van der Waals surface area (Å²) >= 11 is 0. The van der Waals surface area contributed by atoms with E-state index in [-0.39, 0.29) is 0 Å². The predicted octanol–water partition coefficient (Wildman–Crippen LogP) is 3.17. The van der Waals surface area contributed by atoms with Crippen LogP contribution in [0.25, 0.3) is 10.9 Å². The Kier molecular flexibility index (Phi) is 2.70. The summed E-state index contributed by atoms with van der Waals surface area (Å²) in [7, 11) is 2.42. The standard InChI is InChI=1S/C20H25N2O/c1-3-12-10-22(2)18-9-15-13-6-4-5-7-17(13)21-20(15)19(22)8-14(12)16(18)11-23/h3-7,14,16,18-19,21,23H,8-11H2,1-2H3/q+1/b12-3+/t14-,16?,18-,19-,22+/m0/s1. The summed E-state index contributed by atoms with van der Waals surface area (Å²) in [5.74, 6) is 0.984. The van der Waals surface area contributed by atoms with Gasteiger partial charge in [0, 0.05) is 35.6 Å². The molecule has 5 atom stereocenters. The van der Waals surface area contributed by atoms with E-state index in [0.29, 0.717) is 30.5 Å². The molecule has 2 aromatic rings. The van der Waals surface area contributed by atoms with Gasteiger partial charge >= 0.3 is 0 Å².